The molecule has 1 heterocycles. The molecule has 94 valence electrons. The normalized spacial score (nSPS) is 24.5. The summed E-state index contributed by atoms with van der Waals surface area (Å²) in [7, 11) is 0. The van der Waals surface area contributed by atoms with E-state index in [0.717, 1.165) is 38.0 Å². The maximum absolute atomic E-state index is 9.42. The maximum Gasteiger partial charge on any atom is 0.149 e. The van der Waals surface area contributed by atoms with E-state index < -0.39 is 0 Å². The van der Waals surface area contributed by atoms with Crippen LogP contribution in [-0.2, 0) is 0 Å². The number of aromatic nitrogens is 1. The minimum Gasteiger partial charge on any atom is -0.396 e. The van der Waals surface area contributed by atoms with Crippen LogP contribution in [0.3, 0.4) is 0 Å². The number of nitrogens with one attached hydrogen (secondary N) is 1. The number of hydrogen-bond donors (Lipinski definition) is 4. The van der Waals surface area contributed by atoms with Crippen molar-refractivity contribution in [3.05, 3.63) is 12.1 Å². The molecule has 17 heavy (non-hydrogen) atoms. The van der Waals surface area contributed by atoms with Crippen molar-refractivity contribution in [2.45, 2.75) is 31.8 Å². The first kappa shape index (κ1) is 12.0. The summed E-state index contributed by atoms with van der Waals surface area (Å²) in [6.45, 7) is 0.878. The largest absolute Gasteiger partial charge is 0.396 e. The van der Waals surface area contributed by atoms with Gasteiger partial charge in [0.2, 0.25) is 0 Å². The predicted molar refractivity (Wildman–Crippen MR) is 69.5 cm³/mol. The lowest BCUT2D eigenvalue weighted by molar-refractivity contribution is 0.111. The first-order chi connectivity index (χ1) is 8.15. The molecule has 0 radical (unpaired) electrons. The van der Waals surface area contributed by atoms with Crippen LogP contribution in [0.1, 0.15) is 25.7 Å². The Morgan fingerprint density at radius 2 is 1.94 bits per heavy atom. The minimum atomic E-state index is -0.100. The van der Waals surface area contributed by atoms with E-state index in [2.05, 4.69) is 10.3 Å². The van der Waals surface area contributed by atoms with Crippen molar-refractivity contribution in [3.8, 4) is 0 Å². The number of aliphatic hydroxyl groups excluding tert-OH is 1. The summed E-state index contributed by atoms with van der Waals surface area (Å²) >= 11 is 0. The van der Waals surface area contributed by atoms with Gasteiger partial charge >= 0.3 is 0 Å². The van der Waals surface area contributed by atoms with Crippen molar-refractivity contribution in [3.63, 3.8) is 0 Å². The van der Waals surface area contributed by atoms with E-state index >= 15 is 0 Å². The first-order valence-electron chi connectivity index (χ1n) is 6.09. The molecule has 0 aromatic carbocycles. The average Bonchev–Trinajstić information content (AvgIpc) is 2.33. The number of hydrogen-bond acceptors (Lipinski definition) is 5. The summed E-state index contributed by atoms with van der Waals surface area (Å²) in [5.41, 5.74) is 11.7. The van der Waals surface area contributed by atoms with Crippen molar-refractivity contribution in [1.29, 1.82) is 0 Å². The first-order valence-corrected chi connectivity index (χ1v) is 6.09. The fourth-order valence-corrected chi connectivity index (χ4v) is 2.18. The Bertz CT molecular complexity index is 375. The monoisotopic (exact) mass is 236 g/mol. The van der Waals surface area contributed by atoms with Crippen LogP contribution in [0.5, 0.6) is 0 Å². The van der Waals surface area contributed by atoms with Crippen LogP contribution in [0.2, 0.25) is 0 Å². The van der Waals surface area contributed by atoms with Gasteiger partial charge in [-0.15, -0.1) is 0 Å². The van der Waals surface area contributed by atoms with E-state index in [1.165, 1.54) is 0 Å². The third-order valence-corrected chi connectivity index (χ3v) is 3.35. The van der Waals surface area contributed by atoms with Gasteiger partial charge < -0.3 is 21.9 Å². The minimum absolute atomic E-state index is 0.100. The van der Waals surface area contributed by atoms with E-state index in [4.69, 9.17) is 11.5 Å². The van der Waals surface area contributed by atoms with Gasteiger partial charge in [-0.2, -0.15) is 0 Å². The highest BCUT2D eigenvalue weighted by Crippen LogP contribution is 2.24. The fourth-order valence-electron chi connectivity index (χ4n) is 2.18. The summed E-state index contributed by atoms with van der Waals surface area (Å²) in [4.78, 5) is 4.16. The molecule has 0 spiro atoms. The van der Waals surface area contributed by atoms with Crippen molar-refractivity contribution in [2.24, 2.45) is 5.92 Å². The van der Waals surface area contributed by atoms with Crippen LogP contribution in [-0.4, -0.2) is 22.7 Å². The number of nitrogens with zero attached hydrogens (tertiary/aromatic N) is 1. The molecular weight excluding hydrogens is 216 g/mol. The molecule has 2 rings (SSSR count). The van der Waals surface area contributed by atoms with E-state index in [-0.39, 0.29) is 6.10 Å². The highest BCUT2D eigenvalue weighted by atomic mass is 16.3. The maximum atomic E-state index is 9.42. The molecule has 1 fully saturated rings. The summed E-state index contributed by atoms with van der Waals surface area (Å²) in [5, 5.41) is 12.7. The Hall–Kier alpha value is -1.49. The lowest BCUT2D eigenvalue weighted by Gasteiger charge is -2.25. The van der Waals surface area contributed by atoms with E-state index in [0.29, 0.717) is 17.4 Å². The van der Waals surface area contributed by atoms with Crippen molar-refractivity contribution >= 4 is 17.3 Å². The number of aliphatic hydroxyl groups is 1. The third kappa shape index (κ3) is 3.23. The van der Waals surface area contributed by atoms with Crippen molar-refractivity contribution in [2.75, 3.05) is 23.3 Å². The third-order valence-electron chi connectivity index (χ3n) is 3.35. The molecule has 5 heteroatoms. The van der Waals surface area contributed by atoms with E-state index in [9.17, 15) is 5.11 Å². The Labute approximate surface area is 101 Å². The van der Waals surface area contributed by atoms with Gasteiger partial charge in [0, 0.05) is 6.54 Å². The van der Waals surface area contributed by atoms with Gasteiger partial charge in [-0.25, -0.2) is 4.98 Å². The lowest BCUT2D eigenvalue weighted by atomic mass is 9.87. The molecule has 0 atom stereocenters. The summed E-state index contributed by atoms with van der Waals surface area (Å²) in [6.07, 6.45) is 3.85. The van der Waals surface area contributed by atoms with E-state index in [1.54, 1.807) is 6.07 Å². The zero-order valence-corrected chi connectivity index (χ0v) is 9.89. The predicted octanol–water partition coefficient (Wildman–Crippen LogP) is 1.21. The van der Waals surface area contributed by atoms with E-state index in [1.807, 2.05) is 6.07 Å². The molecule has 1 aliphatic carbocycles. The molecule has 0 amide bonds. The fraction of sp³-hybridized carbons (Fsp3) is 0.583. The summed E-state index contributed by atoms with van der Waals surface area (Å²) < 4.78 is 0. The molecule has 1 saturated carbocycles. The topological polar surface area (TPSA) is 97.2 Å². The van der Waals surface area contributed by atoms with Gasteiger partial charge in [-0.05, 0) is 43.7 Å². The Morgan fingerprint density at radius 3 is 2.59 bits per heavy atom. The zero-order chi connectivity index (χ0) is 12.3. The van der Waals surface area contributed by atoms with Gasteiger partial charge in [0.1, 0.15) is 11.6 Å². The Morgan fingerprint density at radius 1 is 1.24 bits per heavy atom. The van der Waals surface area contributed by atoms with Crippen LogP contribution in [0.15, 0.2) is 12.1 Å². The highest BCUT2D eigenvalue weighted by molar-refractivity contribution is 5.61. The molecule has 0 saturated heterocycles. The molecule has 0 unspecified atom stereocenters. The van der Waals surface area contributed by atoms with Gasteiger partial charge in [0.25, 0.3) is 0 Å². The van der Waals surface area contributed by atoms with Crippen LogP contribution in [0, 0.1) is 5.92 Å². The van der Waals surface area contributed by atoms with Gasteiger partial charge in [-0.3, -0.25) is 0 Å². The zero-order valence-electron chi connectivity index (χ0n) is 9.89. The summed E-state index contributed by atoms with van der Waals surface area (Å²) in [6, 6.07) is 3.60. The second kappa shape index (κ2) is 5.23. The average molecular weight is 236 g/mol. The molecule has 0 aliphatic heterocycles. The van der Waals surface area contributed by atoms with Crippen LogP contribution in [0.25, 0.3) is 0 Å². The van der Waals surface area contributed by atoms with Crippen molar-refractivity contribution < 1.29 is 5.11 Å². The number of nitrogen functional groups attached to an aromatic ring is 2. The number of nitrogens with two attached hydrogens (primary N) is 2. The molecule has 1 aromatic rings. The standard InChI is InChI=1S/C12H20N4O/c13-10-5-6-11(16-12(10)14)15-7-8-1-3-9(17)4-2-8/h5-6,8-9,17H,1-4,7,13H2,(H3,14,15,16). The smallest absolute Gasteiger partial charge is 0.149 e. The molecule has 6 N–H and O–H groups in total. The number of pyridine rings is 1. The molecule has 5 nitrogen and oxygen atoms in total. The van der Waals surface area contributed by atoms with Gasteiger partial charge in [-0.1, -0.05) is 0 Å². The molecular formula is C12H20N4O. The second-order valence-electron chi connectivity index (χ2n) is 4.73. The second-order valence-corrected chi connectivity index (χ2v) is 4.73. The Balaban J connectivity index is 1.83. The molecule has 0 bridgehead atoms. The van der Waals surface area contributed by atoms with Crippen LogP contribution < -0.4 is 16.8 Å². The SMILES string of the molecule is Nc1ccc(NCC2CCC(O)CC2)nc1N. The van der Waals surface area contributed by atoms with Gasteiger partial charge in [0.05, 0.1) is 11.8 Å². The van der Waals surface area contributed by atoms with Crippen LogP contribution >= 0.6 is 0 Å². The Kier molecular flexibility index (Phi) is 3.68. The van der Waals surface area contributed by atoms with Crippen LogP contribution in [0.4, 0.5) is 17.3 Å². The number of anilines is 3. The quantitative estimate of drug-likeness (QED) is 0.632. The highest BCUT2D eigenvalue weighted by Gasteiger charge is 2.19. The lowest BCUT2D eigenvalue weighted by Crippen LogP contribution is -2.23. The molecule has 1 aromatic heterocycles. The van der Waals surface area contributed by atoms with Gasteiger partial charge in [0.15, 0.2) is 0 Å². The number of rotatable bonds is 3. The molecule has 1 aliphatic rings. The summed E-state index contributed by atoms with van der Waals surface area (Å²) in [5.74, 6) is 1.75. The van der Waals surface area contributed by atoms with Crippen molar-refractivity contribution in [1.82, 2.24) is 4.98 Å².